The van der Waals surface area contributed by atoms with Crippen molar-refractivity contribution in [3.63, 3.8) is 0 Å². The second-order valence-corrected chi connectivity index (χ2v) is 6.77. The smallest absolute Gasteiger partial charge is 0.0110 e. The molecule has 1 aliphatic carbocycles. The molecule has 0 amide bonds. The molecule has 0 spiro atoms. The molecular formula is C19H31N. The van der Waals surface area contributed by atoms with E-state index in [9.17, 15) is 0 Å². The van der Waals surface area contributed by atoms with E-state index < -0.39 is 0 Å². The van der Waals surface area contributed by atoms with Gasteiger partial charge in [-0.1, -0.05) is 43.9 Å². The molecule has 20 heavy (non-hydrogen) atoms. The third kappa shape index (κ3) is 4.09. The van der Waals surface area contributed by atoms with Crippen molar-refractivity contribution in [3.8, 4) is 0 Å². The van der Waals surface area contributed by atoms with E-state index in [0.29, 0.717) is 6.04 Å². The summed E-state index contributed by atoms with van der Waals surface area (Å²) >= 11 is 0. The maximum atomic E-state index is 3.79. The molecule has 0 saturated heterocycles. The summed E-state index contributed by atoms with van der Waals surface area (Å²) < 4.78 is 0. The Hall–Kier alpha value is -0.820. The van der Waals surface area contributed by atoms with E-state index in [1.165, 1.54) is 55.2 Å². The van der Waals surface area contributed by atoms with Crippen LogP contribution in [0.5, 0.6) is 0 Å². The highest BCUT2D eigenvalue weighted by atomic mass is 14.9. The maximum absolute atomic E-state index is 3.79. The van der Waals surface area contributed by atoms with E-state index in [2.05, 4.69) is 45.1 Å². The molecule has 1 aromatic rings. The molecule has 1 aliphatic rings. The largest absolute Gasteiger partial charge is 0.314 e. The molecule has 112 valence electrons. The summed E-state index contributed by atoms with van der Waals surface area (Å²) in [5.41, 5.74) is 5.91. The Kier molecular flexibility index (Phi) is 5.65. The topological polar surface area (TPSA) is 12.0 Å². The van der Waals surface area contributed by atoms with Crippen LogP contribution in [-0.2, 0) is 6.42 Å². The molecule has 0 bridgehead atoms. The lowest BCUT2D eigenvalue weighted by molar-refractivity contribution is 0.258. The van der Waals surface area contributed by atoms with Gasteiger partial charge in [-0.3, -0.25) is 0 Å². The Morgan fingerprint density at radius 3 is 2.30 bits per heavy atom. The zero-order valence-corrected chi connectivity index (χ0v) is 13.8. The van der Waals surface area contributed by atoms with Crippen LogP contribution < -0.4 is 5.32 Å². The number of hydrogen-bond donors (Lipinski definition) is 1. The van der Waals surface area contributed by atoms with Crippen LogP contribution in [0.3, 0.4) is 0 Å². The van der Waals surface area contributed by atoms with Gasteiger partial charge in [0, 0.05) is 6.04 Å². The SMILES string of the molecule is CCCNC(Cc1c(C)cc(C)cc1C)CC1CCC1. The summed E-state index contributed by atoms with van der Waals surface area (Å²) in [6.07, 6.45) is 8.16. The lowest BCUT2D eigenvalue weighted by atomic mass is 9.79. The summed E-state index contributed by atoms with van der Waals surface area (Å²) in [4.78, 5) is 0. The van der Waals surface area contributed by atoms with Crippen LogP contribution in [0.25, 0.3) is 0 Å². The quantitative estimate of drug-likeness (QED) is 0.758. The lowest BCUT2D eigenvalue weighted by Gasteiger charge is -2.31. The highest BCUT2D eigenvalue weighted by molar-refractivity contribution is 5.38. The van der Waals surface area contributed by atoms with E-state index in [-0.39, 0.29) is 0 Å². The van der Waals surface area contributed by atoms with Crippen molar-refractivity contribution >= 4 is 0 Å². The van der Waals surface area contributed by atoms with Crippen molar-refractivity contribution in [3.05, 3.63) is 34.4 Å². The first-order valence-corrected chi connectivity index (χ1v) is 8.40. The minimum atomic E-state index is 0.667. The molecule has 1 N–H and O–H groups in total. The summed E-state index contributed by atoms with van der Waals surface area (Å²) in [7, 11) is 0. The molecular weight excluding hydrogens is 242 g/mol. The van der Waals surface area contributed by atoms with E-state index >= 15 is 0 Å². The molecule has 1 nitrogen and oxygen atoms in total. The van der Waals surface area contributed by atoms with Gasteiger partial charge in [-0.05, 0) is 69.2 Å². The van der Waals surface area contributed by atoms with Crippen LogP contribution >= 0.6 is 0 Å². The van der Waals surface area contributed by atoms with Crippen LogP contribution in [0.4, 0.5) is 0 Å². The molecule has 1 fully saturated rings. The zero-order valence-electron chi connectivity index (χ0n) is 13.8. The van der Waals surface area contributed by atoms with Crippen molar-refractivity contribution in [2.75, 3.05) is 6.54 Å². The van der Waals surface area contributed by atoms with Crippen molar-refractivity contribution in [1.82, 2.24) is 5.32 Å². The zero-order chi connectivity index (χ0) is 14.5. The second-order valence-electron chi connectivity index (χ2n) is 6.77. The van der Waals surface area contributed by atoms with E-state index in [1.807, 2.05) is 0 Å². The average molecular weight is 273 g/mol. The molecule has 0 radical (unpaired) electrons. The number of nitrogens with one attached hydrogen (secondary N) is 1. The highest BCUT2D eigenvalue weighted by Crippen LogP contribution is 2.31. The van der Waals surface area contributed by atoms with Crippen molar-refractivity contribution in [2.45, 2.75) is 72.3 Å². The van der Waals surface area contributed by atoms with Gasteiger partial charge in [-0.15, -0.1) is 0 Å². The normalized spacial score (nSPS) is 17.0. The highest BCUT2D eigenvalue weighted by Gasteiger charge is 2.22. The summed E-state index contributed by atoms with van der Waals surface area (Å²) in [6, 6.07) is 5.34. The Morgan fingerprint density at radius 1 is 1.15 bits per heavy atom. The second kappa shape index (κ2) is 7.26. The van der Waals surface area contributed by atoms with Crippen molar-refractivity contribution < 1.29 is 0 Å². The number of hydrogen-bond acceptors (Lipinski definition) is 1. The molecule has 2 rings (SSSR count). The van der Waals surface area contributed by atoms with Gasteiger partial charge < -0.3 is 5.32 Å². The molecule has 1 heteroatoms. The van der Waals surface area contributed by atoms with Gasteiger partial charge >= 0.3 is 0 Å². The molecule has 1 aromatic carbocycles. The van der Waals surface area contributed by atoms with Crippen molar-refractivity contribution in [2.24, 2.45) is 5.92 Å². The minimum absolute atomic E-state index is 0.667. The first-order chi connectivity index (χ1) is 9.60. The third-order valence-electron chi connectivity index (χ3n) is 4.82. The Balaban J connectivity index is 2.05. The van der Waals surface area contributed by atoms with Crippen LogP contribution in [-0.4, -0.2) is 12.6 Å². The van der Waals surface area contributed by atoms with Gasteiger partial charge in [0.2, 0.25) is 0 Å². The fourth-order valence-electron chi connectivity index (χ4n) is 3.50. The minimum Gasteiger partial charge on any atom is -0.314 e. The summed E-state index contributed by atoms with van der Waals surface area (Å²) in [5, 5.41) is 3.79. The Morgan fingerprint density at radius 2 is 1.80 bits per heavy atom. The van der Waals surface area contributed by atoms with E-state index in [1.54, 1.807) is 5.56 Å². The van der Waals surface area contributed by atoms with Gasteiger partial charge in [-0.25, -0.2) is 0 Å². The van der Waals surface area contributed by atoms with Crippen LogP contribution in [0.15, 0.2) is 12.1 Å². The summed E-state index contributed by atoms with van der Waals surface area (Å²) in [5.74, 6) is 0.982. The molecule has 1 saturated carbocycles. The standard InChI is InChI=1S/C19H31N/c1-5-9-20-18(12-17-7-6-8-17)13-19-15(3)10-14(2)11-16(19)4/h10-11,17-18,20H,5-9,12-13H2,1-4H3. The van der Waals surface area contributed by atoms with Gasteiger partial charge in [0.25, 0.3) is 0 Å². The molecule has 1 unspecified atom stereocenters. The summed E-state index contributed by atoms with van der Waals surface area (Å²) in [6.45, 7) is 10.2. The van der Waals surface area contributed by atoms with Crippen LogP contribution in [0.2, 0.25) is 0 Å². The first-order valence-electron chi connectivity index (χ1n) is 8.40. The number of benzene rings is 1. The molecule has 1 atom stereocenters. The van der Waals surface area contributed by atoms with Gasteiger partial charge in [0.15, 0.2) is 0 Å². The molecule has 0 aliphatic heterocycles. The number of rotatable bonds is 7. The lowest BCUT2D eigenvalue weighted by Crippen LogP contribution is -2.35. The van der Waals surface area contributed by atoms with Crippen molar-refractivity contribution in [1.29, 1.82) is 0 Å². The fraction of sp³-hybridized carbons (Fsp3) is 0.684. The van der Waals surface area contributed by atoms with E-state index in [4.69, 9.17) is 0 Å². The third-order valence-corrected chi connectivity index (χ3v) is 4.82. The Labute approximate surface area is 125 Å². The number of aryl methyl sites for hydroxylation is 3. The van der Waals surface area contributed by atoms with Crippen LogP contribution in [0.1, 0.15) is 61.3 Å². The van der Waals surface area contributed by atoms with Gasteiger partial charge in [0.1, 0.15) is 0 Å². The van der Waals surface area contributed by atoms with Crippen LogP contribution in [0, 0.1) is 26.7 Å². The predicted octanol–water partition coefficient (Wildman–Crippen LogP) is 4.71. The first kappa shape index (κ1) is 15.6. The van der Waals surface area contributed by atoms with Gasteiger partial charge in [-0.2, -0.15) is 0 Å². The monoisotopic (exact) mass is 273 g/mol. The molecule has 0 aromatic heterocycles. The average Bonchev–Trinajstić information content (AvgIpc) is 2.33. The van der Waals surface area contributed by atoms with E-state index in [0.717, 1.165) is 12.5 Å². The van der Waals surface area contributed by atoms with Gasteiger partial charge in [0.05, 0.1) is 0 Å². The molecule has 0 heterocycles. The Bertz CT molecular complexity index is 408. The maximum Gasteiger partial charge on any atom is 0.0110 e. The fourth-order valence-corrected chi connectivity index (χ4v) is 3.50. The predicted molar refractivity (Wildman–Crippen MR) is 88.4 cm³/mol.